The Labute approximate surface area is 132 Å². The van der Waals surface area contributed by atoms with Gasteiger partial charge in [-0.3, -0.25) is 0 Å². The molecule has 0 aliphatic carbocycles. The van der Waals surface area contributed by atoms with Gasteiger partial charge in [0.2, 0.25) is 0 Å². The highest BCUT2D eigenvalue weighted by atomic mass is 35.5. The van der Waals surface area contributed by atoms with E-state index in [0.717, 1.165) is 22.9 Å². The van der Waals surface area contributed by atoms with Crippen LogP contribution in [0.3, 0.4) is 0 Å². The molecule has 4 nitrogen and oxygen atoms in total. The fraction of sp³-hybridized carbons (Fsp3) is 0.200. The Morgan fingerprint density at radius 1 is 1.24 bits per heavy atom. The number of nitrogens with two attached hydrogens (primary N) is 1. The molecule has 1 saturated heterocycles. The summed E-state index contributed by atoms with van der Waals surface area (Å²) >= 11 is 7.86. The van der Waals surface area contributed by atoms with Crippen molar-refractivity contribution in [2.75, 3.05) is 12.3 Å². The standard InChI is InChI=1S/C15H11ClN4S/c16-12-4-2-1-3-9(12)13-10(7-17)14(19)20-5-6-21-15(20)11(13)8-18/h1-4,13H,5-6,19H2/t13-/m1/s1. The molecule has 0 aromatic heterocycles. The summed E-state index contributed by atoms with van der Waals surface area (Å²) in [7, 11) is 0. The van der Waals surface area contributed by atoms with Gasteiger partial charge in [0.05, 0.1) is 34.2 Å². The minimum Gasteiger partial charge on any atom is -0.384 e. The number of nitriles is 2. The topological polar surface area (TPSA) is 76.8 Å². The van der Waals surface area contributed by atoms with Crippen molar-refractivity contribution >= 4 is 23.4 Å². The molecule has 1 aromatic rings. The quantitative estimate of drug-likeness (QED) is 0.862. The molecule has 6 heteroatoms. The Kier molecular flexibility index (Phi) is 3.55. The van der Waals surface area contributed by atoms with E-state index in [2.05, 4.69) is 12.1 Å². The first-order chi connectivity index (χ1) is 10.2. The number of benzene rings is 1. The summed E-state index contributed by atoms with van der Waals surface area (Å²) < 4.78 is 0. The van der Waals surface area contributed by atoms with E-state index in [4.69, 9.17) is 17.3 Å². The summed E-state index contributed by atoms with van der Waals surface area (Å²) in [4.78, 5) is 1.86. The van der Waals surface area contributed by atoms with Crippen LogP contribution >= 0.6 is 23.4 Å². The van der Waals surface area contributed by atoms with Crippen LogP contribution < -0.4 is 5.73 Å². The second-order valence-corrected chi connectivity index (χ2v) is 6.19. The predicted molar refractivity (Wildman–Crippen MR) is 82.8 cm³/mol. The lowest BCUT2D eigenvalue weighted by molar-refractivity contribution is 0.469. The third-order valence-corrected chi connectivity index (χ3v) is 5.08. The van der Waals surface area contributed by atoms with Crippen molar-refractivity contribution in [3.8, 4) is 12.1 Å². The van der Waals surface area contributed by atoms with Gasteiger partial charge < -0.3 is 10.6 Å². The van der Waals surface area contributed by atoms with Crippen molar-refractivity contribution in [2.45, 2.75) is 5.92 Å². The summed E-state index contributed by atoms with van der Waals surface area (Å²) in [6.07, 6.45) is 0. The first-order valence-electron chi connectivity index (χ1n) is 6.37. The number of nitrogens with zero attached hydrogens (tertiary/aromatic N) is 3. The van der Waals surface area contributed by atoms with Gasteiger partial charge in [-0.15, -0.1) is 11.8 Å². The molecule has 1 atom stereocenters. The number of thioether (sulfide) groups is 1. The lowest BCUT2D eigenvalue weighted by Gasteiger charge is -2.31. The van der Waals surface area contributed by atoms with Crippen molar-refractivity contribution in [1.29, 1.82) is 10.5 Å². The summed E-state index contributed by atoms with van der Waals surface area (Å²) in [6.45, 7) is 0.720. The molecule has 2 heterocycles. The number of fused-ring (bicyclic) bond motifs is 1. The van der Waals surface area contributed by atoms with Crippen LogP contribution in [0.2, 0.25) is 5.02 Å². The highest BCUT2D eigenvalue weighted by molar-refractivity contribution is 8.03. The molecule has 0 saturated carbocycles. The van der Waals surface area contributed by atoms with Crippen LogP contribution in [0.4, 0.5) is 0 Å². The first kappa shape index (κ1) is 13.9. The summed E-state index contributed by atoms with van der Waals surface area (Å²) in [5, 5.41) is 20.5. The molecule has 0 radical (unpaired) electrons. The molecule has 2 aliphatic rings. The molecule has 104 valence electrons. The van der Waals surface area contributed by atoms with Crippen LogP contribution in [0.15, 0.2) is 46.3 Å². The van der Waals surface area contributed by atoms with Crippen LogP contribution in [-0.4, -0.2) is 17.2 Å². The van der Waals surface area contributed by atoms with Crippen molar-refractivity contribution in [3.63, 3.8) is 0 Å². The minimum absolute atomic E-state index is 0.394. The average molecular weight is 315 g/mol. The second-order valence-electron chi connectivity index (χ2n) is 4.70. The monoisotopic (exact) mass is 314 g/mol. The van der Waals surface area contributed by atoms with Crippen molar-refractivity contribution in [2.24, 2.45) is 5.73 Å². The third-order valence-electron chi connectivity index (χ3n) is 3.63. The highest BCUT2D eigenvalue weighted by Crippen LogP contribution is 2.47. The molecule has 1 aromatic carbocycles. The van der Waals surface area contributed by atoms with Crippen LogP contribution in [0, 0.1) is 22.7 Å². The lowest BCUT2D eigenvalue weighted by Crippen LogP contribution is -2.31. The lowest BCUT2D eigenvalue weighted by atomic mass is 9.83. The number of rotatable bonds is 1. The summed E-state index contributed by atoms with van der Waals surface area (Å²) in [5.74, 6) is 0.807. The van der Waals surface area contributed by atoms with E-state index in [-0.39, 0.29) is 0 Å². The Balaban J connectivity index is 2.26. The fourth-order valence-electron chi connectivity index (χ4n) is 2.68. The minimum atomic E-state index is -0.481. The van der Waals surface area contributed by atoms with Gasteiger partial charge in [0.15, 0.2) is 0 Å². The van der Waals surface area contributed by atoms with E-state index in [1.54, 1.807) is 17.8 Å². The zero-order chi connectivity index (χ0) is 15.0. The van der Waals surface area contributed by atoms with E-state index in [1.165, 1.54) is 0 Å². The van der Waals surface area contributed by atoms with Crippen LogP contribution in [0.25, 0.3) is 0 Å². The number of hydrogen-bond donors (Lipinski definition) is 1. The molecule has 1 fully saturated rings. The van der Waals surface area contributed by atoms with Crippen molar-refractivity contribution < 1.29 is 0 Å². The third kappa shape index (κ3) is 2.06. The molecular weight excluding hydrogens is 304 g/mol. The highest BCUT2D eigenvalue weighted by Gasteiger charge is 2.38. The molecule has 3 rings (SSSR count). The molecular formula is C15H11ClN4S. The van der Waals surface area contributed by atoms with E-state index >= 15 is 0 Å². The normalized spacial score (nSPS) is 21.1. The number of allylic oxidation sites excluding steroid dienone is 2. The molecule has 0 spiro atoms. The summed E-state index contributed by atoms with van der Waals surface area (Å²) in [6, 6.07) is 11.7. The van der Waals surface area contributed by atoms with Gasteiger partial charge in [-0.05, 0) is 11.6 Å². The van der Waals surface area contributed by atoms with Gasteiger partial charge in [0.1, 0.15) is 5.82 Å². The predicted octanol–water partition coefficient (Wildman–Crippen LogP) is 2.92. The maximum Gasteiger partial charge on any atom is 0.119 e. The number of halogens is 1. The number of hydrogen-bond acceptors (Lipinski definition) is 5. The molecule has 2 aliphatic heterocycles. The molecule has 21 heavy (non-hydrogen) atoms. The molecule has 0 bridgehead atoms. The maximum atomic E-state index is 9.60. The van der Waals surface area contributed by atoms with Crippen LogP contribution in [0.1, 0.15) is 11.5 Å². The van der Waals surface area contributed by atoms with Gasteiger partial charge in [0, 0.05) is 17.3 Å². The van der Waals surface area contributed by atoms with Gasteiger partial charge in [0.25, 0.3) is 0 Å². The average Bonchev–Trinajstić information content (AvgIpc) is 2.97. The molecule has 0 amide bonds. The van der Waals surface area contributed by atoms with E-state index in [1.807, 2.05) is 23.1 Å². The van der Waals surface area contributed by atoms with Crippen LogP contribution in [-0.2, 0) is 0 Å². The first-order valence-corrected chi connectivity index (χ1v) is 7.74. The fourth-order valence-corrected chi connectivity index (χ4v) is 4.06. The SMILES string of the molecule is N#CC1=C(N)N2CCSC2=C(C#N)[C@@H]1c1ccccc1Cl. The zero-order valence-corrected chi connectivity index (χ0v) is 12.6. The van der Waals surface area contributed by atoms with Gasteiger partial charge in [-0.25, -0.2) is 0 Å². The second kappa shape index (κ2) is 5.37. The smallest absolute Gasteiger partial charge is 0.119 e. The Bertz CT molecular complexity index is 754. The van der Waals surface area contributed by atoms with Gasteiger partial charge in [-0.2, -0.15) is 10.5 Å². The Hall–Kier alpha value is -2.08. The van der Waals surface area contributed by atoms with Gasteiger partial charge >= 0.3 is 0 Å². The van der Waals surface area contributed by atoms with E-state index in [9.17, 15) is 10.5 Å². The zero-order valence-electron chi connectivity index (χ0n) is 11.0. The Morgan fingerprint density at radius 2 is 1.95 bits per heavy atom. The maximum absolute atomic E-state index is 9.60. The van der Waals surface area contributed by atoms with Crippen LogP contribution in [0.5, 0.6) is 0 Å². The van der Waals surface area contributed by atoms with Gasteiger partial charge in [-0.1, -0.05) is 29.8 Å². The van der Waals surface area contributed by atoms with Crippen molar-refractivity contribution in [1.82, 2.24) is 4.90 Å². The Morgan fingerprint density at radius 3 is 2.62 bits per heavy atom. The van der Waals surface area contributed by atoms with E-state index < -0.39 is 5.92 Å². The van der Waals surface area contributed by atoms with E-state index in [0.29, 0.717) is 22.0 Å². The van der Waals surface area contributed by atoms with Crippen molar-refractivity contribution in [3.05, 3.63) is 56.8 Å². The summed E-state index contributed by atoms with van der Waals surface area (Å²) in [5.41, 5.74) is 7.84. The largest absolute Gasteiger partial charge is 0.384 e. The molecule has 0 unspecified atom stereocenters. The molecule has 2 N–H and O–H groups in total.